The monoisotopic (exact) mass is 496 g/mol. The van der Waals surface area contributed by atoms with Gasteiger partial charge in [-0.25, -0.2) is 0 Å². The van der Waals surface area contributed by atoms with Crippen molar-refractivity contribution in [3.63, 3.8) is 0 Å². The molecule has 3 heterocycles. The van der Waals surface area contributed by atoms with Gasteiger partial charge in [-0.1, -0.05) is 43.2 Å². The van der Waals surface area contributed by atoms with E-state index in [4.69, 9.17) is 4.42 Å². The molecule has 1 amide bonds. The maximum atomic E-state index is 13.0. The number of carbonyl (C=O) groups is 1. The lowest BCUT2D eigenvalue weighted by Gasteiger charge is -2.35. The molecule has 184 valence electrons. The lowest BCUT2D eigenvalue weighted by atomic mass is 9.95. The van der Waals surface area contributed by atoms with Gasteiger partial charge in [0.25, 0.3) is 5.69 Å². The first kappa shape index (κ1) is 23.4. The first-order chi connectivity index (χ1) is 17.1. The second-order valence-corrected chi connectivity index (χ2v) is 9.79. The molecule has 2 aromatic heterocycles. The third-order valence-electron chi connectivity index (χ3n) is 6.72. The minimum Gasteiger partial charge on any atom is -0.461 e. The Morgan fingerprint density at radius 2 is 1.83 bits per heavy atom. The lowest BCUT2D eigenvalue weighted by Crippen LogP contribution is -2.49. The summed E-state index contributed by atoms with van der Waals surface area (Å²) < 4.78 is 7.76. The fraction of sp³-hybridized carbons (Fsp3) is 0.458. The number of nitro groups is 1. The number of hydrogen-bond donors (Lipinski definition) is 0. The van der Waals surface area contributed by atoms with Gasteiger partial charge in [0.05, 0.1) is 16.9 Å². The van der Waals surface area contributed by atoms with Crippen molar-refractivity contribution in [3.05, 3.63) is 52.8 Å². The standard InChI is InChI=1S/C24H28N6O4S/c31-22(28-14-12-27(13-15-28)19-9-4-5-10-20(19)30(32)33)17-35-24-26-25-23(21-11-6-16-34-21)29(24)18-7-2-1-3-8-18/h4-6,9-11,16,18H,1-3,7-8,12-15,17H2. The summed E-state index contributed by atoms with van der Waals surface area (Å²) >= 11 is 1.42. The Morgan fingerprint density at radius 3 is 2.54 bits per heavy atom. The topological polar surface area (TPSA) is 111 Å². The van der Waals surface area contributed by atoms with E-state index in [-0.39, 0.29) is 22.3 Å². The Balaban J connectivity index is 1.23. The fourth-order valence-corrected chi connectivity index (χ4v) is 5.83. The molecule has 11 heteroatoms. The molecule has 1 saturated carbocycles. The number of para-hydroxylation sites is 2. The van der Waals surface area contributed by atoms with Crippen molar-refractivity contribution >= 4 is 29.0 Å². The molecule has 10 nitrogen and oxygen atoms in total. The number of anilines is 1. The second kappa shape index (κ2) is 10.5. The highest BCUT2D eigenvalue weighted by molar-refractivity contribution is 7.99. The molecule has 5 rings (SSSR count). The van der Waals surface area contributed by atoms with Crippen molar-refractivity contribution in [2.24, 2.45) is 0 Å². The normalized spacial score (nSPS) is 17.0. The first-order valence-corrected chi connectivity index (χ1v) is 13.0. The maximum absolute atomic E-state index is 13.0. The Labute approximate surface area is 207 Å². The van der Waals surface area contributed by atoms with Crippen LogP contribution in [0.4, 0.5) is 11.4 Å². The summed E-state index contributed by atoms with van der Waals surface area (Å²) in [6.07, 6.45) is 7.37. The molecule has 1 aliphatic carbocycles. The minimum absolute atomic E-state index is 0.0370. The van der Waals surface area contributed by atoms with Gasteiger partial charge in [-0.3, -0.25) is 19.5 Å². The summed E-state index contributed by atoms with van der Waals surface area (Å²) in [4.78, 5) is 27.8. The van der Waals surface area contributed by atoms with Crippen molar-refractivity contribution in [2.75, 3.05) is 36.8 Å². The predicted molar refractivity (Wildman–Crippen MR) is 132 cm³/mol. The zero-order chi connectivity index (χ0) is 24.2. The number of amides is 1. The number of nitro benzene ring substituents is 1. The first-order valence-electron chi connectivity index (χ1n) is 12.0. The van der Waals surface area contributed by atoms with E-state index in [1.165, 1.54) is 37.1 Å². The Bertz CT molecular complexity index is 1170. The smallest absolute Gasteiger partial charge is 0.292 e. The summed E-state index contributed by atoms with van der Waals surface area (Å²) in [7, 11) is 0. The zero-order valence-corrected chi connectivity index (χ0v) is 20.2. The number of nitrogens with zero attached hydrogens (tertiary/aromatic N) is 6. The SMILES string of the molecule is O=C(CSc1nnc(-c2ccco2)n1C1CCCCC1)N1CCN(c2ccccc2[N+](=O)[O-])CC1. The number of carbonyl (C=O) groups excluding carboxylic acids is 1. The van der Waals surface area contributed by atoms with Crippen LogP contribution in [-0.4, -0.2) is 62.4 Å². The summed E-state index contributed by atoms with van der Waals surface area (Å²) in [5.74, 6) is 1.71. The van der Waals surface area contributed by atoms with E-state index in [1.54, 1.807) is 24.5 Å². The van der Waals surface area contributed by atoms with Crippen LogP contribution in [0, 0.1) is 10.1 Å². The average molecular weight is 497 g/mol. The van der Waals surface area contributed by atoms with Crippen LogP contribution in [0.1, 0.15) is 38.1 Å². The molecule has 3 aromatic rings. The van der Waals surface area contributed by atoms with Gasteiger partial charge in [0.2, 0.25) is 11.7 Å². The van der Waals surface area contributed by atoms with Crippen LogP contribution in [0.15, 0.2) is 52.2 Å². The van der Waals surface area contributed by atoms with Crippen LogP contribution in [0.3, 0.4) is 0 Å². The van der Waals surface area contributed by atoms with Gasteiger partial charge in [0, 0.05) is 38.3 Å². The van der Waals surface area contributed by atoms with Gasteiger partial charge in [-0.2, -0.15) is 0 Å². The van der Waals surface area contributed by atoms with Crippen molar-refractivity contribution < 1.29 is 14.1 Å². The van der Waals surface area contributed by atoms with E-state index >= 15 is 0 Å². The predicted octanol–water partition coefficient (Wildman–Crippen LogP) is 4.39. The Morgan fingerprint density at radius 1 is 1.06 bits per heavy atom. The molecule has 2 fully saturated rings. The van der Waals surface area contributed by atoms with Crippen molar-refractivity contribution in [3.8, 4) is 11.6 Å². The van der Waals surface area contributed by atoms with Gasteiger partial charge in [0.15, 0.2) is 10.9 Å². The van der Waals surface area contributed by atoms with E-state index in [0.29, 0.717) is 43.7 Å². The van der Waals surface area contributed by atoms with Gasteiger partial charge < -0.3 is 14.2 Å². The largest absolute Gasteiger partial charge is 0.461 e. The van der Waals surface area contributed by atoms with Crippen LogP contribution in [0.2, 0.25) is 0 Å². The number of thioether (sulfide) groups is 1. The summed E-state index contributed by atoms with van der Waals surface area (Å²) in [6, 6.07) is 10.8. The lowest BCUT2D eigenvalue weighted by molar-refractivity contribution is -0.384. The molecule has 0 spiro atoms. The molecular formula is C24H28N6O4S. The van der Waals surface area contributed by atoms with E-state index in [1.807, 2.05) is 21.9 Å². The summed E-state index contributed by atoms with van der Waals surface area (Å²) in [5.41, 5.74) is 0.697. The zero-order valence-electron chi connectivity index (χ0n) is 19.4. The molecule has 0 atom stereocenters. The maximum Gasteiger partial charge on any atom is 0.292 e. The van der Waals surface area contributed by atoms with E-state index in [2.05, 4.69) is 14.8 Å². The van der Waals surface area contributed by atoms with E-state index in [0.717, 1.165) is 23.8 Å². The molecular weight excluding hydrogens is 468 g/mol. The number of benzene rings is 1. The number of rotatable bonds is 7. The quantitative estimate of drug-likeness (QED) is 0.269. The van der Waals surface area contributed by atoms with Crippen LogP contribution in [-0.2, 0) is 4.79 Å². The van der Waals surface area contributed by atoms with Crippen LogP contribution >= 0.6 is 11.8 Å². The molecule has 0 unspecified atom stereocenters. The van der Waals surface area contributed by atoms with Gasteiger partial charge in [-0.15, -0.1) is 10.2 Å². The van der Waals surface area contributed by atoms with Crippen LogP contribution in [0.25, 0.3) is 11.6 Å². The third kappa shape index (κ3) is 5.04. The molecule has 35 heavy (non-hydrogen) atoms. The number of furan rings is 1. The highest BCUT2D eigenvalue weighted by Gasteiger charge is 2.28. The Hall–Kier alpha value is -3.34. The number of piperazine rings is 1. The number of hydrogen-bond acceptors (Lipinski definition) is 8. The molecule has 1 aliphatic heterocycles. The van der Waals surface area contributed by atoms with Gasteiger partial charge in [0.1, 0.15) is 5.69 Å². The summed E-state index contributed by atoms with van der Waals surface area (Å²) in [6.45, 7) is 2.17. The number of aromatic nitrogens is 3. The van der Waals surface area contributed by atoms with Crippen LogP contribution in [0.5, 0.6) is 0 Å². The highest BCUT2D eigenvalue weighted by Crippen LogP contribution is 2.36. The van der Waals surface area contributed by atoms with Crippen LogP contribution < -0.4 is 4.90 Å². The van der Waals surface area contributed by atoms with Crippen molar-refractivity contribution in [1.29, 1.82) is 0 Å². The van der Waals surface area contributed by atoms with Crippen molar-refractivity contribution in [2.45, 2.75) is 43.3 Å². The Kier molecular flexibility index (Phi) is 7.03. The van der Waals surface area contributed by atoms with E-state index < -0.39 is 0 Å². The molecule has 0 N–H and O–H groups in total. The third-order valence-corrected chi connectivity index (χ3v) is 7.65. The fourth-order valence-electron chi connectivity index (χ4n) is 4.92. The highest BCUT2D eigenvalue weighted by atomic mass is 32.2. The van der Waals surface area contributed by atoms with Gasteiger partial charge >= 0.3 is 0 Å². The van der Waals surface area contributed by atoms with E-state index in [9.17, 15) is 14.9 Å². The van der Waals surface area contributed by atoms with Crippen molar-refractivity contribution in [1.82, 2.24) is 19.7 Å². The second-order valence-electron chi connectivity index (χ2n) is 8.85. The molecule has 0 radical (unpaired) electrons. The average Bonchev–Trinajstić information content (AvgIpc) is 3.58. The molecule has 0 bridgehead atoms. The van der Waals surface area contributed by atoms with Gasteiger partial charge in [-0.05, 0) is 31.0 Å². The minimum atomic E-state index is -0.358. The molecule has 1 aromatic carbocycles. The molecule has 1 saturated heterocycles. The molecule has 2 aliphatic rings. The summed E-state index contributed by atoms with van der Waals surface area (Å²) in [5, 5.41) is 20.9.